The molecule has 2 rings (SSSR count). The Labute approximate surface area is 158 Å². The Morgan fingerprint density at radius 2 is 1.62 bits per heavy atom. The van der Waals surface area contributed by atoms with Crippen molar-refractivity contribution in [3.8, 4) is 11.5 Å². The van der Waals surface area contributed by atoms with Crippen molar-refractivity contribution in [2.24, 2.45) is 0 Å². The number of nitrogens with zero attached hydrogens (tertiary/aromatic N) is 1. The molecule has 0 bridgehead atoms. The summed E-state index contributed by atoms with van der Waals surface area (Å²) in [5.41, 5.74) is 2.37. The highest BCUT2D eigenvalue weighted by molar-refractivity contribution is 5.52. The minimum Gasteiger partial charge on any atom is -0.496 e. The third kappa shape index (κ3) is 5.50. The van der Waals surface area contributed by atoms with E-state index in [0.29, 0.717) is 0 Å². The molecule has 0 aliphatic rings. The van der Waals surface area contributed by atoms with E-state index in [1.165, 1.54) is 11.5 Å². The van der Waals surface area contributed by atoms with Gasteiger partial charge in [0.15, 0.2) is 0 Å². The molecule has 0 fully saturated rings. The first-order valence-corrected chi connectivity index (χ1v) is 9.68. The van der Waals surface area contributed by atoms with Gasteiger partial charge in [0.25, 0.3) is 0 Å². The first-order chi connectivity index (χ1) is 12.7. The zero-order chi connectivity index (χ0) is 18.8. The molecule has 141 valence electrons. The van der Waals surface area contributed by atoms with Gasteiger partial charge in [-0.2, -0.15) is 0 Å². The van der Waals surface area contributed by atoms with E-state index in [9.17, 15) is 0 Å². The van der Waals surface area contributed by atoms with Gasteiger partial charge in [0.05, 0.1) is 13.7 Å². The molecule has 0 aromatic heterocycles. The predicted octanol–water partition coefficient (Wildman–Crippen LogP) is 5.19. The van der Waals surface area contributed by atoms with Crippen LogP contribution in [0.25, 0.3) is 0 Å². The van der Waals surface area contributed by atoms with Gasteiger partial charge in [-0.05, 0) is 49.7 Å². The fraction of sp³-hybridized carbons (Fsp3) is 0.435. The van der Waals surface area contributed by atoms with Gasteiger partial charge in [-0.1, -0.05) is 51.1 Å². The van der Waals surface area contributed by atoms with Crippen molar-refractivity contribution >= 4 is 0 Å². The van der Waals surface area contributed by atoms with Crippen LogP contribution in [0.15, 0.2) is 48.5 Å². The lowest BCUT2D eigenvalue weighted by molar-refractivity contribution is 0.249. The number of benzene rings is 2. The quantitative estimate of drug-likeness (QED) is 0.519. The zero-order valence-corrected chi connectivity index (χ0v) is 16.6. The Morgan fingerprint density at radius 1 is 0.923 bits per heavy atom. The molecule has 0 aliphatic heterocycles. The summed E-state index contributed by atoms with van der Waals surface area (Å²) in [4.78, 5) is 2.42. The van der Waals surface area contributed by atoms with Gasteiger partial charge in [0.2, 0.25) is 0 Å². The summed E-state index contributed by atoms with van der Waals surface area (Å²) in [5, 5.41) is 0. The van der Waals surface area contributed by atoms with E-state index in [-0.39, 0.29) is 0 Å². The van der Waals surface area contributed by atoms with Gasteiger partial charge in [-0.3, -0.25) is 0 Å². The summed E-state index contributed by atoms with van der Waals surface area (Å²) >= 11 is 0. The molecule has 0 aliphatic carbocycles. The van der Waals surface area contributed by atoms with Gasteiger partial charge in [-0.25, -0.2) is 0 Å². The second-order valence-electron chi connectivity index (χ2n) is 6.29. The van der Waals surface area contributed by atoms with Crippen LogP contribution in [-0.4, -0.2) is 38.3 Å². The van der Waals surface area contributed by atoms with Crippen LogP contribution in [0.4, 0.5) is 0 Å². The molecule has 0 saturated heterocycles. The summed E-state index contributed by atoms with van der Waals surface area (Å²) in [5.74, 6) is 3.14. The topological polar surface area (TPSA) is 21.7 Å². The highest BCUT2D eigenvalue weighted by atomic mass is 16.5. The van der Waals surface area contributed by atoms with Crippen molar-refractivity contribution < 1.29 is 9.47 Å². The maximum Gasteiger partial charge on any atom is 0.123 e. The number of methoxy groups -OCH3 is 1. The van der Waals surface area contributed by atoms with Gasteiger partial charge in [-0.15, -0.1) is 0 Å². The van der Waals surface area contributed by atoms with Crippen LogP contribution in [0.1, 0.15) is 44.7 Å². The molecule has 0 amide bonds. The lowest BCUT2D eigenvalue weighted by atomic mass is 9.88. The molecular formula is C23H32NO2. The maximum atomic E-state index is 5.90. The van der Waals surface area contributed by atoms with Crippen molar-refractivity contribution in [2.75, 3.05) is 33.4 Å². The number of para-hydroxylation sites is 1. The maximum absolute atomic E-state index is 5.90. The van der Waals surface area contributed by atoms with E-state index in [1.807, 2.05) is 12.1 Å². The Morgan fingerprint density at radius 3 is 2.23 bits per heavy atom. The lowest BCUT2D eigenvalue weighted by Gasteiger charge is -2.19. The van der Waals surface area contributed by atoms with Crippen LogP contribution >= 0.6 is 0 Å². The van der Waals surface area contributed by atoms with E-state index in [1.54, 1.807) is 7.11 Å². The van der Waals surface area contributed by atoms with Gasteiger partial charge in [0, 0.05) is 18.0 Å². The monoisotopic (exact) mass is 354 g/mol. The highest BCUT2D eigenvalue weighted by Gasteiger charge is 2.17. The molecule has 2 aromatic rings. The van der Waals surface area contributed by atoms with E-state index in [2.05, 4.69) is 62.1 Å². The molecule has 2 aromatic carbocycles. The highest BCUT2D eigenvalue weighted by Crippen LogP contribution is 2.33. The third-order valence-electron chi connectivity index (χ3n) is 4.77. The number of ether oxygens (including phenoxy) is 2. The van der Waals surface area contributed by atoms with Crippen LogP contribution in [0.3, 0.4) is 0 Å². The molecule has 0 heterocycles. The van der Waals surface area contributed by atoms with Crippen LogP contribution in [0, 0.1) is 5.92 Å². The van der Waals surface area contributed by atoms with E-state index in [4.69, 9.17) is 9.47 Å². The number of hydrogen-bond acceptors (Lipinski definition) is 3. The van der Waals surface area contributed by atoms with Gasteiger partial charge < -0.3 is 14.4 Å². The molecule has 3 heteroatoms. The number of hydrogen-bond donors (Lipinski definition) is 0. The fourth-order valence-corrected chi connectivity index (χ4v) is 3.21. The second-order valence-corrected chi connectivity index (χ2v) is 6.29. The molecular weight excluding hydrogens is 322 g/mol. The van der Waals surface area contributed by atoms with Gasteiger partial charge >= 0.3 is 0 Å². The molecule has 26 heavy (non-hydrogen) atoms. The first kappa shape index (κ1) is 20.3. The molecule has 0 N–H and O–H groups in total. The van der Waals surface area contributed by atoms with Crippen molar-refractivity contribution in [3.05, 3.63) is 65.6 Å². The average Bonchev–Trinajstić information content (AvgIpc) is 2.70. The molecule has 1 radical (unpaired) electrons. The normalized spacial score (nSPS) is 11.2. The first-order valence-electron chi connectivity index (χ1n) is 9.68. The second kappa shape index (κ2) is 10.9. The molecule has 0 spiro atoms. The van der Waals surface area contributed by atoms with Crippen molar-refractivity contribution in [2.45, 2.75) is 33.6 Å². The summed E-state index contributed by atoms with van der Waals surface area (Å²) in [6.07, 6.45) is 2.00. The largest absolute Gasteiger partial charge is 0.496 e. The summed E-state index contributed by atoms with van der Waals surface area (Å²) < 4.78 is 11.4. The SMILES string of the molecule is CC[C](c1ccc(OCCCN(CC)CC)cc1)c1ccccc1OC. The fourth-order valence-electron chi connectivity index (χ4n) is 3.21. The Hall–Kier alpha value is -2.00. The molecule has 0 saturated carbocycles. The smallest absolute Gasteiger partial charge is 0.123 e. The van der Waals surface area contributed by atoms with E-state index < -0.39 is 0 Å². The van der Waals surface area contributed by atoms with Crippen LogP contribution in [0.5, 0.6) is 11.5 Å². The Balaban J connectivity index is 1.97. The predicted molar refractivity (Wildman–Crippen MR) is 109 cm³/mol. The Kier molecular flexibility index (Phi) is 8.49. The van der Waals surface area contributed by atoms with Crippen LogP contribution < -0.4 is 9.47 Å². The summed E-state index contributed by atoms with van der Waals surface area (Å²) in [7, 11) is 1.72. The minimum absolute atomic E-state index is 0.757. The Bertz CT molecular complexity index is 635. The van der Waals surface area contributed by atoms with Crippen molar-refractivity contribution in [3.63, 3.8) is 0 Å². The van der Waals surface area contributed by atoms with Crippen molar-refractivity contribution in [1.29, 1.82) is 0 Å². The van der Waals surface area contributed by atoms with E-state index >= 15 is 0 Å². The molecule has 0 atom stereocenters. The van der Waals surface area contributed by atoms with E-state index in [0.717, 1.165) is 56.1 Å². The summed E-state index contributed by atoms with van der Waals surface area (Å²) in [6.45, 7) is 10.6. The summed E-state index contributed by atoms with van der Waals surface area (Å²) in [6, 6.07) is 16.6. The lowest BCUT2D eigenvalue weighted by Crippen LogP contribution is -2.25. The minimum atomic E-state index is 0.757. The molecule has 3 nitrogen and oxygen atoms in total. The van der Waals surface area contributed by atoms with Crippen LogP contribution in [-0.2, 0) is 0 Å². The third-order valence-corrected chi connectivity index (χ3v) is 4.77. The zero-order valence-electron chi connectivity index (χ0n) is 16.6. The van der Waals surface area contributed by atoms with Crippen molar-refractivity contribution in [1.82, 2.24) is 4.90 Å². The standard InChI is InChI=1S/C23H32NO2/c1-5-21(22-11-8-9-12-23(22)25-4)19-13-15-20(16-14-19)26-18-10-17-24(6-2)7-3/h8-9,11-16H,5-7,10,17-18H2,1-4H3. The molecule has 0 unspecified atom stereocenters. The average molecular weight is 355 g/mol. The number of rotatable bonds is 11. The van der Waals surface area contributed by atoms with Crippen LogP contribution in [0.2, 0.25) is 0 Å². The van der Waals surface area contributed by atoms with Gasteiger partial charge in [0.1, 0.15) is 11.5 Å².